The minimum absolute atomic E-state index is 0. The molecule has 0 aliphatic carbocycles. The third kappa shape index (κ3) is 57.0. The number of phosphoric acid groups is 1. The fourth-order valence-electron chi connectivity index (χ4n) is 4.91. The molecule has 0 atom stereocenters. The van der Waals surface area contributed by atoms with Gasteiger partial charge in [-0.1, -0.05) is 141 Å². The molecule has 0 aliphatic rings. The molecule has 3 N–H and O–H groups in total. The van der Waals surface area contributed by atoms with Crippen LogP contribution in [0.3, 0.4) is 0 Å². The van der Waals surface area contributed by atoms with Gasteiger partial charge in [-0.15, -0.1) is 0 Å². The van der Waals surface area contributed by atoms with E-state index in [0.717, 1.165) is 38.5 Å². The minimum Gasteiger partial charge on any atom is -1.00 e. The van der Waals surface area contributed by atoms with Gasteiger partial charge < -0.3 is 22.3 Å². The smallest absolute Gasteiger partial charge is 1.00 e. The maximum Gasteiger partial charge on any atom is 1.00 e. The summed E-state index contributed by atoms with van der Waals surface area (Å²) in [6.07, 6.45) is 42.2. The van der Waals surface area contributed by atoms with Crippen LogP contribution in [0.1, 0.15) is 196 Å². The number of hydrogen-bond donors (Lipinski definition) is 3. The van der Waals surface area contributed by atoms with E-state index < -0.39 is 7.82 Å². The van der Waals surface area contributed by atoms with Crippen LogP contribution in [0.4, 0.5) is 0 Å². The largest absolute Gasteiger partial charge is 1.00 e. The van der Waals surface area contributed by atoms with E-state index in [1.807, 2.05) is 0 Å². The number of unbranched alkanes of at least 4 members (excludes halogenated alkanes) is 22. The van der Waals surface area contributed by atoms with Crippen molar-refractivity contribution in [3.8, 4) is 0 Å². The van der Waals surface area contributed by atoms with Gasteiger partial charge in [0.15, 0.2) is 0 Å². The van der Waals surface area contributed by atoms with Crippen molar-refractivity contribution in [1.82, 2.24) is 0 Å². The Bertz CT molecular complexity index is 696. The zero-order valence-corrected chi connectivity index (χ0v) is 35.4. The molecule has 46 heavy (non-hydrogen) atoms. The van der Waals surface area contributed by atoms with Crippen LogP contribution in [-0.2, 0) is 18.9 Å². The zero-order valence-electron chi connectivity index (χ0n) is 32.5. The van der Waals surface area contributed by atoms with Crippen LogP contribution >= 0.6 is 7.82 Å². The molecule has 0 amide bonds. The Labute approximate surface area is 330 Å². The monoisotopic (exact) mass is 692 g/mol. The Morgan fingerprint density at radius 1 is 0.478 bits per heavy atom. The summed E-state index contributed by atoms with van der Waals surface area (Å²) < 4.78 is 13.9. The number of esters is 2. The number of allylic oxidation sites excluding steroid dienone is 4. The van der Waals surface area contributed by atoms with Gasteiger partial charge in [-0.2, -0.15) is 0 Å². The standard InChI is InChI=1S/C36H66O3.2Na.H3O4P.2H/c1-3-5-7-9-11-13-15-17-19-21-23-25-27-29-31-33-35(37)39-36(38)34-32-30-28-26-24-22-20-18-16-14-12-10-8-6-4-2;;;1-5(2,3)4;;/h17-20H,3-16,21-34H2,1-2H3;;;(H3,1,2,3,4);;/q;2*+1;;2*-1. The molecule has 0 aromatic rings. The van der Waals surface area contributed by atoms with Gasteiger partial charge in [-0.3, -0.25) is 9.59 Å². The van der Waals surface area contributed by atoms with E-state index in [9.17, 15) is 9.59 Å². The van der Waals surface area contributed by atoms with Gasteiger partial charge in [0.2, 0.25) is 0 Å². The maximum absolute atomic E-state index is 11.9. The van der Waals surface area contributed by atoms with Crippen LogP contribution in [0, 0.1) is 0 Å². The molecule has 0 aromatic heterocycles. The van der Waals surface area contributed by atoms with E-state index in [4.69, 9.17) is 24.0 Å². The van der Waals surface area contributed by atoms with Crippen LogP contribution < -0.4 is 59.1 Å². The first-order valence-electron chi connectivity index (χ1n) is 18.0. The van der Waals surface area contributed by atoms with E-state index in [0.29, 0.717) is 12.8 Å². The van der Waals surface area contributed by atoms with Gasteiger partial charge in [-0.05, 0) is 64.2 Å². The summed E-state index contributed by atoms with van der Waals surface area (Å²) in [6.45, 7) is 4.53. The van der Waals surface area contributed by atoms with Gasteiger partial charge in [0.05, 0.1) is 0 Å². The average molecular weight is 693 g/mol. The first-order chi connectivity index (χ1) is 21.2. The summed E-state index contributed by atoms with van der Waals surface area (Å²) in [5.74, 6) is -0.684. The quantitative estimate of drug-likeness (QED) is 0.0229. The molecule has 0 rings (SSSR count). The maximum atomic E-state index is 11.9. The fourth-order valence-corrected chi connectivity index (χ4v) is 4.91. The molecule has 0 fully saturated rings. The Morgan fingerprint density at radius 3 is 0.957 bits per heavy atom. The molecule has 0 spiro atoms. The molecule has 10 heteroatoms. The predicted octanol–water partition coefficient (Wildman–Crippen LogP) is 5.44. The summed E-state index contributed by atoms with van der Waals surface area (Å²) in [4.78, 5) is 45.3. The number of hydrogen-bond acceptors (Lipinski definition) is 4. The number of carbonyl (C=O) groups excluding carboxylic acids is 2. The SMILES string of the molecule is CCCCCCCCC=CCCCCCCCC(=O)OC(=O)CCCCCCCC=CCCCCCCCC.O=P(O)(O)O.[H-].[H-].[Na+].[Na+]. The molecule has 0 unspecified atom stereocenters. The molecule has 0 bridgehead atoms. The van der Waals surface area contributed by atoms with Crippen LogP contribution in [0.2, 0.25) is 0 Å². The fraction of sp³-hybridized carbons (Fsp3) is 0.833. The van der Waals surface area contributed by atoms with E-state index in [2.05, 4.69) is 38.2 Å². The summed E-state index contributed by atoms with van der Waals surface area (Å²) in [7, 11) is -4.64. The summed E-state index contributed by atoms with van der Waals surface area (Å²) in [6, 6.07) is 0. The molecule has 0 radical (unpaired) electrons. The molecule has 0 aliphatic heterocycles. The molecule has 0 saturated carbocycles. The van der Waals surface area contributed by atoms with E-state index >= 15 is 0 Å². The summed E-state index contributed by atoms with van der Waals surface area (Å²) in [5, 5.41) is 0. The number of rotatable bonds is 30. The average Bonchev–Trinajstić information content (AvgIpc) is 2.96. The second-order valence-electron chi connectivity index (χ2n) is 12.0. The second-order valence-corrected chi connectivity index (χ2v) is 13.1. The first kappa shape index (κ1) is 53.5. The van der Waals surface area contributed by atoms with Crippen molar-refractivity contribution >= 4 is 19.8 Å². The van der Waals surface area contributed by atoms with Gasteiger partial charge in [-0.25, -0.2) is 4.57 Å². The van der Waals surface area contributed by atoms with Crippen molar-refractivity contribution in [2.45, 2.75) is 194 Å². The van der Waals surface area contributed by atoms with Crippen molar-refractivity contribution in [3.63, 3.8) is 0 Å². The number of carbonyl (C=O) groups is 2. The van der Waals surface area contributed by atoms with E-state index in [1.165, 1.54) is 128 Å². The van der Waals surface area contributed by atoms with Crippen LogP contribution in [0.5, 0.6) is 0 Å². The Hall–Kier alpha value is 0.730. The van der Waals surface area contributed by atoms with Crippen molar-refractivity contribution in [3.05, 3.63) is 24.3 Å². The summed E-state index contributed by atoms with van der Waals surface area (Å²) in [5.41, 5.74) is 0. The van der Waals surface area contributed by atoms with Crippen LogP contribution in [0.25, 0.3) is 0 Å². The Kier molecular flexibility index (Phi) is 50.9. The van der Waals surface area contributed by atoms with Gasteiger partial charge in [0.25, 0.3) is 0 Å². The van der Waals surface area contributed by atoms with Crippen LogP contribution in [0.15, 0.2) is 24.3 Å². The molecular formula is C36H71Na2O7P. The van der Waals surface area contributed by atoms with E-state index in [1.54, 1.807) is 0 Å². The topological polar surface area (TPSA) is 121 Å². The van der Waals surface area contributed by atoms with Crippen molar-refractivity contribution in [2.24, 2.45) is 0 Å². The predicted molar refractivity (Wildman–Crippen MR) is 186 cm³/mol. The second kappa shape index (κ2) is 43.8. The zero-order chi connectivity index (χ0) is 33.0. The Morgan fingerprint density at radius 2 is 0.696 bits per heavy atom. The first-order valence-corrected chi connectivity index (χ1v) is 19.6. The van der Waals surface area contributed by atoms with Crippen LogP contribution in [-0.4, -0.2) is 26.6 Å². The normalized spacial score (nSPS) is 11.2. The molecule has 264 valence electrons. The van der Waals surface area contributed by atoms with E-state index in [-0.39, 0.29) is 73.9 Å². The summed E-state index contributed by atoms with van der Waals surface area (Å²) >= 11 is 0. The van der Waals surface area contributed by atoms with Gasteiger partial charge in [0.1, 0.15) is 0 Å². The minimum atomic E-state index is -4.64. The van der Waals surface area contributed by atoms with Crippen molar-refractivity contribution in [1.29, 1.82) is 0 Å². The molecule has 0 heterocycles. The molecular weight excluding hydrogens is 621 g/mol. The molecule has 7 nitrogen and oxygen atoms in total. The van der Waals surface area contributed by atoms with Gasteiger partial charge >= 0.3 is 78.9 Å². The molecule has 0 saturated heterocycles. The third-order valence-electron chi connectivity index (χ3n) is 7.51. The number of ether oxygens (including phenoxy) is 1. The van der Waals surface area contributed by atoms with Gasteiger partial charge in [0, 0.05) is 12.8 Å². The van der Waals surface area contributed by atoms with Crippen molar-refractivity contribution < 1.29 is 95.5 Å². The van der Waals surface area contributed by atoms with Crippen molar-refractivity contribution in [2.75, 3.05) is 0 Å². The Balaban J connectivity index is -0.000000453. The molecule has 0 aromatic carbocycles. The third-order valence-corrected chi connectivity index (χ3v) is 7.51.